The molecule has 1 saturated heterocycles. The number of hydrogen-bond acceptors (Lipinski definition) is 7. The number of carbonyl (C=O) groups is 3. The Morgan fingerprint density at radius 1 is 1.18 bits per heavy atom. The number of urea groups is 1. The zero-order valence-corrected chi connectivity index (χ0v) is 20.0. The lowest BCUT2D eigenvalue weighted by Gasteiger charge is -2.39. The highest BCUT2D eigenvalue weighted by molar-refractivity contribution is 6.31. The number of carbonyl (C=O) groups excluding carboxylic acids is 3. The van der Waals surface area contributed by atoms with Crippen molar-refractivity contribution in [3.63, 3.8) is 0 Å². The van der Waals surface area contributed by atoms with Crippen LogP contribution in [0.25, 0.3) is 0 Å². The summed E-state index contributed by atoms with van der Waals surface area (Å²) in [6, 6.07) is 5.96. The Bertz CT molecular complexity index is 914. The number of benzene rings is 1. The van der Waals surface area contributed by atoms with Gasteiger partial charge in [0.1, 0.15) is 6.04 Å². The summed E-state index contributed by atoms with van der Waals surface area (Å²) in [5, 5.41) is 6.10. The smallest absolute Gasteiger partial charge is 0.337 e. The molecule has 0 aromatic heterocycles. The largest absolute Gasteiger partial charge is 0.468 e. The molecule has 2 aliphatic rings. The van der Waals surface area contributed by atoms with Crippen LogP contribution in [-0.2, 0) is 19.1 Å². The van der Waals surface area contributed by atoms with E-state index in [0.717, 1.165) is 0 Å². The molecule has 1 aromatic rings. The third-order valence-electron chi connectivity index (χ3n) is 5.92. The van der Waals surface area contributed by atoms with Gasteiger partial charge in [-0.05, 0) is 25.0 Å². The Kier molecular flexibility index (Phi) is 8.71. The summed E-state index contributed by atoms with van der Waals surface area (Å²) >= 11 is 6.37. The second-order valence-electron chi connectivity index (χ2n) is 7.93. The molecule has 2 unspecified atom stereocenters. The van der Waals surface area contributed by atoms with Crippen LogP contribution in [0.3, 0.4) is 0 Å². The van der Waals surface area contributed by atoms with E-state index in [0.29, 0.717) is 61.0 Å². The Morgan fingerprint density at radius 3 is 2.48 bits per heavy atom. The number of nitrogens with one attached hydrogen (secondary N) is 2. The number of rotatable bonds is 8. The number of hydrogen-bond donors (Lipinski definition) is 2. The molecule has 2 atom stereocenters. The molecule has 0 bridgehead atoms. The molecule has 0 radical (unpaired) electrons. The van der Waals surface area contributed by atoms with Crippen molar-refractivity contribution in [2.45, 2.75) is 32.4 Å². The molecule has 3 rings (SSSR count). The summed E-state index contributed by atoms with van der Waals surface area (Å²) in [6.07, 6.45) is 0.581. The maximum atomic E-state index is 12.6. The fraction of sp³-hybridized carbons (Fsp3) is 0.522. The minimum absolute atomic E-state index is 0.260. The monoisotopic (exact) mass is 478 g/mol. The molecule has 2 amide bonds. The number of nitrogens with zero attached hydrogens (tertiary/aromatic N) is 2. The van der Waals surface area contributed by atoms with E-state index in [9.17, 15) is 14.4 Å². The first-order chi connectivity index (χ1) is 15.9. The van der Waals surface area contributed by atoms with Crippen molar-refractivity contribution in [1.82, 2.24) is 20.4 Å². The lowest BCUT2D eigenvalue weighted by Crippen LogP contribution is -2.54. The van der Waals surface area contributed by atoms with E-state index >= 15 is 0 Å². The summed E-state index contributed by atoms with van der Waals surface area (Å²) in [6.45, 7) is 6.79. The van der Waals surface area contributed by atoms with Gasteiger partial charge < -0.3 is 20.1 Å². The zero-order chi connectivity index (χ0) is 24.0. The molecule has 2 aliphatic heterocycles. The quantitative estimate of drug-likeness (QED) is 0.552. The Balaban J connectivity index is 1.75. The number of halogens is 1. The van der Waals surface area contributed by atoms with Crippen molar-refractivity contribution in [2.24, 2.45) is 0 Å². The second kappa shape index (κ2) is 11.5. The fourth-order valence-electron chi connectivity index (χ4n) is 4.27. The lowest BCUT2D eigenvalue weighted by molar-refractivity contribution is -0.148. The number of amides is 2. The highest BCUT2D eigenvalue weighted by Gasteiger charge is 2.35. The topological polar surface area (TPSA) is 100 Å². The average Bonchev–Trinajstić information content (AvgIpc) is 2.81. The van der Waals surface area contributed by atoms with Crippen LogP contribution in [0, 0.1) is 0 Å². The molecule has 10 heteroatoms. The van der Waals surface area contributed by atoms with E-state index in [1.54, 1.807) is 13.0 Å². The number of esters is 2. The van der Waals surface area contributed by atoms with Crippen LogP contribution in [0.5, 0.6) is 0 Å². The van der Waals surface area contributed by atoms with Crippen molar-refractivity contribution >= 4 is 29.6 Å². The van der Waals surface area contributed by atoms with Gasteiger partial charge in [0.05, 0.1) is 25.3 Å². The van der Waals surface area contributed by atoms with Crippen molar-refractivity contribution in [3.05, 3.63) is 46.1 Å². The van der Waals surface area contributed by atoms with Crippen LogP contribution < -0.4 is 10.6 Å². The highest BCUT2D eigenvalue weighted by Crippen LogP contribution is 2.29. The number of ether oxygens (including phenoxy) is 2. The minimum Gasteiger partial charge on any atom is -0.468 e. The molecule has 2 heterocycles. The summed E-state index contributed by atoms with van der Waals surface area (Å²) < 4.78 is 10.3. The van der Waals surface area contributed by atoms with Gasteiger partial charge in [0.2, 0.25) is 0 Å². The number of piperazine rings is 1. The van der Waals surface area contributed by atoms with Gasteiger partial charge in [0, 0.05) is 43.4 Å². The van der Waals surface area contributed by atoms with Crippen molar-refractivity contribution in [3.8, 4) is 0 Å². The predicted octanol–water partition coefficient (Wildman–Crippen LogP) is 2.08. The highest BCUT2D eigenvalue weighted by atomic mass is 35.5. The second-order valence-corrected chi connectivity index (χ2v) is 8.34. The van der Waals surface area contributed by atoms with Crippen LogP contribution in [0.15, 0.2) is 35.5 Å². The van der Waals surface area contributed by atoms with E-state index in [1.165, 1.54) is 7.11 Å². The Labute approximate surface area is 199 Å². The molecule has 0 saturated carbocycles. The minimum atomic E-state index is -0.594. The first-order valence-corrected chi connectivity index (χ1v) is 11.5. The fourth-order valence-corrected chi connectivity index (χ4v) is 4.51. The van der Waals surface area contributed by atoms with E-state index in [1.807, 2.05) is 30.0 Å². The van der Waals surface area contributed by atoms with Gasteiger partial charge in [-0.15, -0.1) is 0 Å². The van der Waals surface area contributed by atoms with Gasteiger partial charge in [0.25, 0.3) is 0 Å². The zero-order valence-electron chi connectivity index (χ0n) is 19.2. The number of methoxy groups -OCH3 is 1. The van der Waals surface area contributed by atoms with E-state index in [2.05, 4.69) is 15.5 Å². The average molecular weight is 479 g/mol. The van der Waals surface area contributed by atoms with Gasteiger partial charge in [0.15, 0.2) is 0 Å². The van der Waals surface area contributed by atoms with Crippen LogP contribution in [0.4, 0.5) is 4.79 Å². The van der Waals surface area contributed by atoms with E-state index < -0.39 is 18.1 Å². The van der Waals surface area contributed by atoms with Gasteiger partial charge in [-0.2, -0.15) is 0 Å². The molecule has 0 aliphatic carbocycles. The molecular formula is C23H31ClN4O5. The van der Waals surface area contributed by atoms with Crippen LogP contribution >= 0.6 is 11.6 Å². The summed E-state index contributed by atoms with van der Waals surface area (Å²) in [4.78, 5) is 41.5. The molecular weight excluding hydrogens is 448 g/mol. The van der Waals surface area contributed by atoms with Crippen LogP contribution in [-0.4, -0.2) is 80.3 Å². The molecule has 180 valence electrons. The summed E-state index contributed by atoms with van der Waals surface area (Å²) in [7, 11) is 1.37. The maximum absolute atomic E-state index is 12.6. The van der Waals surface area contributed by atoms with Crippen molar-refractivity contribution in [1.29, 1.82) is 0 Å². The van der Waals surface area contributed by atoms with Crippen LogP contribution in [0.1, 0.15) is 31.9 Å². The third-order valence-corrected chi connectivity index (χ3v) is 6.27. The Morgan fingerprint density at radius 2 is 1.88 bits per heavy atom. The third kappa shape index (κ3) is 5.85. The summed E-state index contributed by atoms with van der Waals surface area (Å²) in [5.74, 6) is -0.782. The van der Waals surface area contributed by atoms with Gasteiger partial charge >= 0.3 is 18.0 Å². The van der Waals surface area contributed by atoms with Crippen molar-refractivity contribution in [2.75, 3.05) is 46.4 Å². The van der Waals surface area contributed by atoms with Gasteiger partial charge in [-0.3, -0.25) is 9.80 Å². The van der Waals surface area contributed by atoms with Crippen molar-refractivity contribution < 1.29 is 23.9 Å². The normalized spacial score (nSPS) is 20.6. The predicted molar refractivity (Wildman–Crippen MR) is 124 cm³/mol. The summed E-state index contributed by atoms with van der Waals surface area (Å²) in [5.41, 5.74) is 1.74. The maximum Gasteiger partial charge on any atom is 0.337 e. The first-order valence-electron chi connectivity index (χ1n) is 11.2. The molecule has 33 heavy (non-hydrogen) atoms. The molecule has 1 fully saturated rings. The standard InChI is InChI=1S/C23H31ClN4O5/c1-4-17-19(21(29)33-5-2)18(26-23(31)25-17)14-27-10-12-28(13-11-27)20(22(30)32-3)15-8-6-7-9-16(15)24/h6-9,17,20H,4-5,10-14H2,1-3H3,(H2,25,26,31). The van der Waals surface area contributed by atoms with Crippen LogP contribution in [0.2, 0.25) is 5.02 Å². The Hall–Kier alpha value is -2.62. The van der Waals surface area contributed by atoms with E-state index in [-0.39, 0.29) is 18.6 Å². The molecule has 0 spiro atoms. The van der Waals surface area contributed by atoms with Gasteiger partial charge in [-0.1, -0.05) is 36.7 Å². The van der Waals surface area contributed by atoms with Gasteiger partial charge in [-0.25, -0.2) is 14.4 Å². The molecule has 2 N–H and O–H groups in total. The molecule has 1 aromatic carbocycles. The SMILES string of the molecule is CCOC(=O)C1=C(CN2CCN(C(C(=O)OC)c3ccccc3Cl)CC2)NC(=O)NC1CC. The lowest BCUT2D eigenvalue weighted by atomic mass is 9.99. The first kappa shape index (κ1) is 25.0. The molecule has 9 nitrogen and oxygen atoms in total. The van der Waals surface area contributed by atoms with E-state index in [4.69, 9.17) is 21.1 Å².